The van der Waals surface area contributed by atoms with Gasteiger partial charge in [-0.25, -0.2) is 0 Å². The fraction of sp³-hybridized carbons (Fsp3) is 0.286. The average Bonchev–Trinajstić information content (AvgIpc) is 2.41. The van der Waals surface area contributed by atoms with Crippen molar-refractivity contribution < 1.29 is 14.6 Å². The van der Waals surface area contributed by atoms with E-state index in [4.69, 9.17) is 21.4 Å². The van der Waals surface area contributed by atoms with E-state index in [1.807, 2.05) is 6.92 Å². The second-order valence-corrected chi connectivity index (χ2v) is 5.02. The fourth-order valence-corrected chi connectivity index (χ4v) is 2.34. The van der Waals surface area contributed by atoms with Gasteiger partial charge in [0.15, 0.2) is 0 Å². The number of hydrogen-bond acceptors (Lipinski definition) is 3. The maximum atomic E-state index is 11.4. The summed E-state index contributed by atoms with van der Waals surface area (Å²) in [4.78, 5) is 25.1. The summed E-state index contributed by atoms with van der Waals surface area (Å²) in [5, 5.41) is 8.66. The molecule has 0 amide bonds. The van der Waals surface area contributed by atoms with Gasteiger partial charge >= 0.3 is 5.97 Å². The molecule has 1 aromatic carbocycles. The largest absolute Gasteiger partial charge is 0.495 e. The van der Waals surface area contributed by atoms with Crippen molar-refractivity contribution in [3.05, 3.63) is 39.7 Å². The highest BCUT2D eigenvalue weighted by Crippen LogP contribution is 2.30. The van der Waals surface area contributed by atoms with Gasteiger partial charge in [-0.3, -0.25) is 9.59 Å². The lowest BCUT2D eigenvalue weighted by Gasteiger charge is -2.14. The third-order valence-corrected chi connectivity index (χ3v) is 3.53. The van der Waals surface area contributed by atoms with Crippen LogP contribution in [-0.4, -0.2) is 28.5 Å². The van der Waals surface area contributed by atoms with Crippen LogP contribution in [0.25, 0.3) is 10.9 Å². The number of hydrogen-bond donors (Lipinski definition) is 2. The molecule has 2 N–H and O–H groups in total. The smallest absolute Gasteiger partial charge is 0.321 e. The van der Waals surface area contributed by atoms with E-state index in [1.54, 1.807) is 12.1 Å². The standard InChI is InChI=1S/C14H14ClNO4/c1-7-5-11(20-2)13-8(3-4-12(17)16-13)9(7)6-10(15)14(18)19/h3-5,10H,6H2,1-2H3,(H,16,17)(H,18,19). The SMILES string of the molecule is COc1cc(C)c(CC(Cl)C(=O)O)c2ccc(=O)[nH]c12. The number of rotatable bonds is 4. The molecule has 0 saturated heterocycles. The fourth-order valence-electron chi connectivity index (χ4n) is 2.19. The van der Waals surface area contributed by atoms with Crippen molar-refractivity contribution in [3.8, 4) is 5.75 Å². The summed E-state index contributed by atoms with van der Waals surface area (Å²) in [6.45, 7) is 1.86. The molecule has 1 atom stereocenters. The van der Waals surface area contributed by atoms with Gasteiger partial charge < -0.3 is 14.8 Å². The number of carboxylic acids is 1. The quantitative estimate of drug-likeness (QED) is 0.846. The van der Waals surface area contributed by atoms with Gasteiger partial charge in [0, 0.05) is 17.9 Å². The first-order chi connectivity index (χ1) is 9.43. The molecule has 0 aliphatic heterocycles. The average molecular weight is 296 g/mol. The highest BCUT2D eigenvalue weighted by atomic mass is 35.5. The molecular weight excluding hydrogens is 282 g/mol. The maximum Gasteiger partial charge on any atom is 0.321 e. The van der Waals surface area contributed by atoms with Crippen LogP contribution >= 0.6 is 11.6 Å². The summed E-state index contributed by atoms with van der Waals surface area (Å²) >= 11 is 5.82. The lowest BCUT2D eigenvalue weighted by atomic mass is 9.97. The lowest BCUT2D eigenvalue weighted by Crippen LogP contribution is -2.17. The molecule has 0 spiro atoms. The Kier molecular flexibility index (Phi) is 3.99. The number of carbonyl (C=O) groups is 1. The Morgan fingerprint density at radius 3 is 2.80 bits per heavy atom. The number of ether oxygens (including phenoxy) is 1. The molecule has 0 aliphatic rings. The molecule has 5 nitrogen and oxygen atoms in total. The van der Waals surface area contributed by atoms with Crippen LogP contribution in [0.5, 0.6) is 5.75 Å². The molecule has 0 fully saturated rings. The van der Waals surface area contributed by atoms with Crippen LogP contribution in [0.3, 0.4) is 0 Å². The molecule has 20 heavy (non-hydrogen) atoms. The predicted octanol–water partition coefficient (Wildman–Crippen LogP) is 2.08. The van der Waals surface area contributed by atoms with Gasteiger partial charge in [0.05, 0.1) is 12.6 Å². The maximum absolute atomic E-state index is 11.4. The Balaban J connectivity index is 2.68. The molecule has 0 radical (unpaired) electrons. The van der Waals surface area contributed by atoms with Crippen LogP contribution in [0, 0.1) is 6.92 Å². The molecular formula is C14H14ClNO4. The topological polar surface area (TPSA) is 79.4 Å². The predicted molar refractivity (Wildman–Crippen MR) is 76.8 cm³/mol. The van der Waals surface area contributed by atoms with E-state index in [1.165, 1.54) is 13.2 Å². The molecule has 0 bridgehead atoms. The van der Waals surface area contributed by atoms with E-state index < -0.39 is 11.3 Å². The van der Waals surface area contributed by atoms with Crippen molar-refractivity contribution in [1.82, 2.24) is 4.98 Å². The highest BCUT2D eigenvalue weighted by Gasteiger charge is 2.19. The molecule has 106 valence electrons. The van der Waals surface area contributed by atoms with Gasteiger partial charge in [0.25, 0.3) is 0 Å². The van der Waals surface area contributed by atoms with Gasteiger partial charge in [-0.05, 0) is 30.2 Å². The van der Waals surface area contributed by atoms with Crippen molar-refractivity contribution in [2.45, 2.75) is 18.7 Å². The van der Waals surface area contributed by atoms with E-state index >= 15 is 0 Å². The Morgan fingerprint density at radius 2 is 2.20 bits per heavy atom. The van der Waals surface area contributed by atoms with Gasteiger partial charge in [0.1, 0.15) is 11.1 Å². The molecule has 1 aromatic heterocycles. The van der Waals surface area contributed by atoms with Crippen LogP contribution in [-0.2, 0) is 11.2 Å². The van der Waals surface area contributed by atoms with E-state index in [-0.39, 0.29) is 12.0 Å². The number of nitrogens with one attached hydrogen (secondary N) is 1. The molecule has 2 rings (SSSR count). The molecule has 1 unspecified atom stereocenters. The van der Waals surface area contributed by atoms with E-state index in [9.17, 15) is 9.59 Å². The second-order valence-electron chi connectivity index (χ2n) is 4.50. The van der Waals surface area contributed by atoms with Gasteiger partial charge in [-0.1, -0.05) is 0 Å². The molecule has 2 aromatic rings. The first-order valence-electron chi connectivity index (χ1n) is 6.00. The van der Waals surface area contributed by atoms with Crippen LogP contribution < -0.4 is 10.3 Å². The van der Waals surface area contributed by atoms with Crippen molar-refractivity contribution >= 4 is 28.5 Å². The van der Waals surface area contributed by atoms with E-state index in [0.717, 1.165) is 16.5 Å². The normalized spacial score (nSPS) is 12.3. The number of benzene rings is 1. The van der Waals surface area contributed by atoms with Crippen molar-refractivity contribution in [1.29, 1.82) is 0 Å². The monoisotopic (exact) mass is 295 g/mol. The van der Waals surface area contributed by atoms with Crippen molar-refractivity contribution in [2.24, 2.45) is 0 Å². The number of fused-ring (bicyclic) bond motifs is 1. The number of aryl methyl sites for hydroxylation is 1. The summed E-state index contributed by atoms with van der Waals surface area (Å²) in [7, 11) is 1.51. The molecule has 6 heteroatoms. The number of aromatic nitrogens is 1. The van der Waals surface area contributed by atoms with Gasteiger partial charge in [0.2, 0.25) is 5.56 Å². The third-order valence-electron chi connectivity index (χ3n) is 3.19. The third kappa shape index (κ3) is 2.63. The zero-order valence-electron chi connectivity index (χ0n) is 11.1. The summed E-state index contributed by atoms with van der Waals surface area (Å²) in [5.41, 5.74) is 1.97. The second kappa shape index (κ2) is 5.54. The lowest BCUT2D eigenvalue weighted by molar-refractivity contribution is -0.136. The first-order valence-corrected chi connectivity index (χ1v) is 6.44. The van der Waals surface area contributed by atoms with E-state index in [0.29, 0.717) is 11.3 Å². The van der Waals surface area contributed by atoms with Gasteiger partial charge in [-0.15, -0.1) is 11.6 Å². The van der Waals surface area contributed by atoms with Crippen LogP contribution in [0.4, 0.5) is 0 Å². The number of methoxy groups -OCH3 is 1. The number of alkyl halides is 1. The van der Waals surface area contributed by atoms with Crippen LogP contribution in [0.2, 0.25) is 0 Å². The van der Waals surface area contributed by atoms with Gasteiger partial charge in [-0.2, -0.15) is 0 Å². The summed E-state index contributed by atoms with van der Waals surface area (Å²) < 4.78 is 5.25. The summed E-state index contributed by atoms with van der Waals surface area (Å²) in [5.74, 6) is -0.528. The number of H-pyrrole nitrogens is 1. The Labute approximate surface area is 120 Å². The molecule has 0 aliphatic carbocycles. The Bertz CT molecular complexity index is 723. The van der Waals surface area contributed by atoms with E-state index in [2.05, 4.69) is 4.98 Å². The summed E-state index contributed by atoms with van der Waals surface area (Å²) in [6, 6.07) is 4.82. The number of pyridine rings is 1. The van der Waals surface area contributed by atoms with Crippen molar-refractivity contribution in [3.63, 3.8) is 0 Å². The zero-order chi connectivity index (χ0) is 14.9. The van der Waals surface area contributed by atoms with Crippen LogP contribution in [0.15, 0.2) is 23.0 Å². The molecule has 1 heterocycles. The Hall–Kier alpha value is -2.01. The minimum atomic E-state index is -1.07. The minimum absolute atomic E-state index is 0.176. The highest BCUT2D eigenvalue weighted by molar-refractivity contribution is 6.29. The number of aliphatic carboxylic acids is 1. The number of halogens is 1. The minimum Gasteiger partial charge on any atom is -0.495 e. The number of aromatic amines is 1. The summed E-state index contributed by atoms with van der Waals surface area (Å²) in [6.07, 6.45) is 0.176. The molecule has 0 saturated carbocycles. The zero-order valence-corrected chi connectivity index (χ0v) is 11.8. The number of carboxylic acid groups (broad SMARTS) is 1. The Morgan fingerprint density at radius 1 is 1.50 bits per heavy atom. The van der Waals surface area contributed by atoms with Crippen molar-refractivity contribution in [2.75, 3.05) is 7.11 Å². The first kappa shape index (κ1) is 14.4. The van der Waals surface area contributed by atoms with Crippen LogP contribution in [0.1, 0.15) is 11.1 Å².